The van der Waals surface area contributed by atoms with Gasteiger partial charge < -0.3 is 5.41 Å². The van der Waals surface area contributed by atoms with Crippen LogP contribution in [0.5, 0.6) is 0 Å². The van der Waals surface area contributed by atoms with Crippen LogP contribution < -0.4 is 0 Å². The Morgan fingerprint density at radius 2 is 1.92 bits per heavy atom. The lowest BCUT2D eigenvalue weighted by atomic mass is 9.97. The van der Waals surface area contributed by atoms with E-state index in [0.717, 1.165) is 6.42 Å². The molecule has 1 nitrogen and oxygen atoms in total. The first-order valence-electron chi connectivity index (χ1n) is 4.55. The van der Waals surface area contributed by atoms with E-state index in [1.165, 1.54) is 11.1 Å². The number of rotatable bonds is 3. The van der Waals surface area contributed by atoms with Crippen LogP contribution in [-0.2, 0) is 6.42 Å². The van der Waals surface area contributed by atoms with Gasteiger partial charge in [-0.05, 0) is 31.7 Å². The molecule has 0 aliphatic heterocycles. The molecular formula is C12H16N. The van der Waals surface area contributed by atoms with Gasteiger partial charge in [-0.3, -0.25) is 0 Å². The van der Waals surface area contributed by atoms with Crippen molar-refractivity contribution in [2.24, 2.45) is 5.92 Å². The van der Waals surface area contributed by atoms with Gasteiger partial charge >= 0.3 is 0 Å². The molecule has 1 atom stereocenters. The minimum absolute atomic E-state index is 0.253. The van der Waals surface area contributed by atoms with Crippen LogP contribution in [0, 0.1) is 25.2 Å². The van der Waals surface area contributed by atoms with Crippen molar-refractivity contribution in [2.75, 3.05) is 0 Å². The molecule has 0 aromatic heterocycles. The Hall–Kier alpha value is -1.11. The summed E-state index contributed by atoms with van der Waals surface area (Å²) in [5, 5.41) is 7.38. The Labute approximate surface area is 80.3 Å². The summed E-state index contributed by atoms with van der Waals surface area (Å²) < 4.78 is 0. The Bertz CT molecular complexity index is 284. The number of hydrogen-bond donors (Lipinski definition) is 1. The van der Waals surface area contributed by atoms with Gasteiger partial charge in [-0.25, -0.2) is 0 Å². The molecule has 0 aliphatic rings. The first-order valence-corrected chi connectivity index (χ1v) is 4.55. The van der Waals surface area contributed by atoms with Crippen molar-refractivity contribution >= 4 is 5.71 Å². The lowest BCUT2D eigenvalue weighted by molar-refractivity contribution is 0.765. The molecule has 0 saturated carbocycles. The third kappa shape index (κ3) is 3.02. The van der Waals surface area contributed by atoms with Crippen LogP contribution in [0.3, 0.4) is 0 Å². The molecule has 0 fully saturated rings. The summed E-state index contributed by atoms with van der Waals surface area (Å²) in [5.41, 5.74) is 3.08. The summed E-state index contributed by atoms with van der Waals surface area (Å²) in [6.45, 7) is 7.75. The summed E-state index contributed by atoms with van der Waals surface area (Å²) in [4.78, 5) is 0. The predicted molar refractivity (Wildman–Crippen MR) is 57.1 cm³/mol. The summed E-state index contributed by atoms with van der Waals surface area (Å²) in [6, 6.07) is 8.45. The van der Waals surface area contributed by atoms with Gasteiger partial charge in [0.15, 0.2) is 0 Å². The molecule has 1 aromatic carbocycles. The number of benzene rings is 1. The van der Waals surface area contributed by atoms with Crippen LogP contribution in [0.1, 0.15) is 18.1 Å². The molecule has 1 unspecified atom stereocenters. The van der Waals surface area contributed by atoms with Gasteiger partial charge in [0.2, 0.25) is 0 Å². The van der Waals surface area contributed by atoms with Crippen molar-refractivity contribution < 1.29 is 0 Å². The van der Waals surface area contributed by atoms with Crippen LogP contribution in [0.2, 0.25) is 0 Å². The molecule has 1 heteroatoms. The maximum absolute atomic E-state index is 7.38. The molecule has 69 valence electrons. The van der Waals surface area contributed by atoms with E-state index < -0.39 is 0 Å². The normalized spacial score (nSPS) is 12.5. The summed E-state index contributed by atoms with van der Waals surface area (Å²) in [7, 11) is 0. The van der Waals surface area contributed by atoms with E-state index in [1.807, 2.05) is 6.92 Å². The Balaban J connectivity index is 2.64. The summed E-state index contributed by atoms with van der Waals surface area (Å²) in [6.07, 6.45) is 0.919. The third-order valence-corrected chi connectivity index (χ3v) is 2.26. The molecule has 0 spiro atoms. The van der Waals surface area contributed by atoms with Gasteiger partial charge in [-0.2, -0.15) is 0 Å². The highest BCUT2D eigenvalue weighted by atomic mass is 14.4. The van der Waals surface area contributed by atoms with Crippen LogP contribution in [0.15, 0.2) is 24.3 Å². The maximum Gasteiger partial charge on any atom is 0.0124 e. The average molecular weight is 174 g/mol. The fourth-order valence-electron chi connectivity index (χ4n) is 1.20. The molecule has 1 radical (unpaired) electrons. The van der Waals surface area contributed by atoms with E-state index in [0.29, 0.717) is 5.71 Å². The van der Waals surface area contributed by atoms with Crippen LogP contribution in [0.25, 0.3) is 0 Å². The minimum Gasteiger partial charge on any atom is -0.309 e. The second-order valence-electron chi connectivity index (χ2n) is 3.62. The molecule has 1 rings (SSSR count). The first kappa shape index (κ1) is 9.97. The zero-order chi connectivity index (χ0) is 9.84. The molecule has 0 aliphatic carbocycles. The highest BCUT2D eigenvalue weighted by molar-refractivity contribution is 5.87. The van der Waals surface area contributed by atoms with Gasteiger partial charge in [0, 0.05) is 5.71 Å². The molecule has 1 N–H and O–H groups in total. The van der Waals surface area contributed by atoms with Crippen molar-refractivity contribution in [3.8, 4) is 0 Å². The average Bonchev–Trinajstić information content (AvgIpc) is 2.08. The summed E-state index contributed by atoms with van der Waals surface area (Å²) >= 11 is 0. The van der Waals surface area contributed by atoms with Gasteiger partial charge in [0.1, 0.15) is 0 Å². The Kier molecular flexibility index (Phi) is 3.24. The largest absolute Gasteiger partial charge is 0.309 e. The fraction of sp³-hybridized carbons (Fsp3) is 0.333. The molecule has 0 heterocycles. The lowest BCUT2D eigenvalue weighted by Gasteiger charge is -2.09. The minimum atomic E-state index is 0.253. The monoisotopic (exact) mass is 174 g/mol. The van der Waals surface area contributed by atoms with Gasteiger partial charge in [-0.15, -0.1) is 0 Å². The van der Waals surface area contributed by atoms with Crippen LogP contribution in [0.4, 0.5) is 0 Å². The molecule has 13 heavy (non-hydrogen) atoms. The molecule has 0 bridgehead atoms. The standard InChI is InChI=1S/C12H16N/c1-9-4-6-12(7-5-9)8-10(2)11(3)13/h4-7,10,13H,3,8H2,1-2H3. The number of nitrogens with one attached hydrogen (secondary N) is 1. The third-order valence-electron chi connectivity index (χ3n) is 2.26. The second kappa shape index (κ2) is 4.22. The van der Waals surface area contributed by atoms with Crippen molar-refractivity contribution in [3.05, 3.63) is 42.3 Å². The van der Waals surface area contributed by atoms with Gasteiger partial charge in [-0.1, -0.05) is 36.8 Å². The zero-order valence-electron chi connectivity index (χ0n) is 8.30. The second-order valence-corrected chi connectivity index (χ2v) is 3.62. The van der Waals surface area contributed by atoms with E-state index in [4.69, 9.17) is 5.41 Å². The van der Waals surface area contributed by atoms with E-state index in [1.54, 1.807) is 0 Å². The van der Waals surface area contributed by atoms with Crippen molar-refractivity contribution in [1.82, 2.24) is 0 Å². The molecule has 0 amide bonds. The predicted octanol–water partition coefficient (Wildman–Crippen LogP) is 3.03. The highest BCUT2D eigenvalue weighted by Gasteiger charge is 2.04. The Morgan fingerprint density at radius 1 is 1.38 bits per heavy atom. The molecule has 0 saturated heterocycles. The smallest absolute Gasteiger partial charge is 0.0124 e. The number of hydrogen-bond acceptors (Lipinski definition) is 1. The van der Waals surface area contributed by atoms with E-state index in [2.05, 4.69) is 38.1 Å². The lowest BCUT2D eigenvalue weighted by Crippen LogP contribution is -2.08. The molecule has 1 aromatic rings. The first-order chi connectivity index (χ1) is 6.09. The highest BCUT2D eigenvalue weighted by Crippen LogP contribution is 2.10. The number of aryl methyl sites for hydroxylation is 1. The maximum atomic E-state index is 7.38. The SMILES string of the molecule is [CH2]C(=N)C(C)Cc1ccc(C)cc1. The molecular weight excluding hydrogens is 158 g/mol. The van der Waals surface area contributed by atoms with Crippen molar-refractivity contribution in [2.45, 2.75) is 20.3 Å². The topological polar surface area (TPSA) is 23.9 Å². The zero-order valence-corrected chi connectivity index (χ0v) is 8.30. The van der Waals surface area contributed by atoms with Crippen LogP contribution >= 0.6 is 0 Å². The summed E-state index contributed by atoms with van der Waals surface area (Å²) in [5.74, 6) is 0.253. The van der Waals surface area contributed by atoms with Crippen molar-refractivity contribution in [1.29, 1.82) is 5.41 Å². The van der Waals surface area contributed by atoms with Gasteiger partial charge in [0.25, 0.3) is 0 Å². The fourth-order valence-corrected chi connectivity index (χ4v) is 1.20. The Morgan fingerprint density at radius 3 is 2.38 bits per heavy atom. The van der Waals surface area contributed by atoms with Crippen molar-refractivity contribution in [3.63, 3.8) is 0 Å². The quantitative estimate of drug-likeness (QED) is 0.681. The van der Waals surface area contributed by atoms with E-state index in [9.17, 15) is 0 Å². The van der Waals surface area contributed by atoms with E-state index >= 15 is 0 Å². The van der Waals surface area contributed by atoms with Gasteiger partial charge in [0.05, 0.1) is 0 Å². The van der Waals surface area contributed by atoms with E-state index in [-0.39, 0.29) is 5.92 Å². The van der Waals surface area contributed by atoms with Crippen LogP contribution in [-0.4, -0.2) is 5.71 Å².